The fourth-order valence-corrected chi connectivity index (χ4v) is 4.19. The summed E-state index contributed by atoms with van der Waals surface area (Å²) >= 11 is 1.68. The minimum Gasteiger partial charge on any atom is -0.399 e. The Morgan fingerprint density at radius 3 is 2.48 bits per heavy atom. The maximum absolute atomic E-state index is 9.28. The molecule has 0 spiro atoms. The van der Waals surface area contributed by atoms with Gasteiger partial charge in [0.15, 0.2) is 6.29 Å². The van der Waals surface area contributed by atoms with Crippen molar-refractivity contribution in [1.29, 1.82) is 0 Å². The van der Waals surface area contributed by atoms with Crippen LogP contribution in [0, 0.1) is 5.92 Å². The fourth-order valence-electron chi connectivity index (χ4n) is 3.28. The Morgan fingerprint density at radius 1 is 1.04 bits per heavy atom. The summed E-state index contributed by atoms with van der Waals surface area (Å²) in [7, 11) is 0. The van der Waals surface area contributed by atoms with Crippen LogP contribution in [0.5, 0.6) is 0 Å². The summed E-state index contributed by atoms with van der Waals surface area (Å²) in [5.74, 6) is 1.62. The molecule has 0 aliphatic carbocycles. The van der Waals surface area contributed by atoms with E-state index < -0.39 is 6.29 Å². The van der Waals surface area contributed by atoms with Gasteiger partial charge in [-0.3, -0.25) is 0 Å². The van der Waals surface area contributed by atoms with Crippen molar-refractivity contribution in [3.8, 4) is 0 Å². The van der Waals surface area contributed by atoms with E-state index in [0.717, 1.165) is 22.4 Å². The zero-order valence-electron chi connectivity index (χ0n) is 15.5. The van der Waals surface area contributed by atoms with Crippen molar-refractivity contribution in [3.05, 3.63) is 65.2 Å². The van der Waals surface area contributed by atoms with Crippen LogP contribution in [0.1, 0.15) is 36.0 Å². The molecule has 2 aromatic carbocycles. The van der Waals surface area contributed by atoms with Crippen molar-refractivity contribution in [2.45, 2.75) is 32.0 Å². The number of nitrogen functional groups attached to an aromatic ring is 1. The number of ether oxygens (including phenoxy) is 2. The van der Waals surface area contributed by atoms with Gasteiger partial charge in [0.1, 0.15) is 0 Å². The quantitative estimate of drug-likeness (QED) is 0.498. The Morgan fingerprint density at radius 2 is 1.81 bits per heavy atom. The molecule has 3 rings (SSSR count). The first-order valence-corrected chi connectivity index (χ1v) is 10.3. The highest BCUT2D eigenvalue weighted by atomic mass is 32.2. The summed E-state index contributed by atoms with van der Waals surface area (Å²) < 4.78 is 12.6. The maximum atomic E-state index is 9.28. The molecular formula is C21H27NO4S. The van der Waals surface area contributed by atoms with E-state index in [2.05, 4.69) is 6.92 Å². The summed E-state index contributed by atoms with van der Waals surface area (Å²) in [5, 5.41) is 18.4. The third-order valence-electron chi connectivity index (χ3n) is 4.82. The van der Waals surface area contributed by atoms with Crippen LogP contribution in [0.25, 0.3) is 0 Å². The van der Waals surface area contributed by atoms with Gasteiger partial charge in [-0.25, -0.2) is 0 Å². The molecule has 4 atom stereocenters. The Hall–Kier alpha value is -1.57. The monoisotopic (exact) mass is 389 g/mol. The maximum Gasteiger partial charge on any atom is 0.185 e. The lowest BCUT2D eigenvalue weighted by Crippen LogP contribution is -2.38. The lowest BCUT2D eigenvalue weighted by molar-refractivity contribution is -0.268. The molecular weight excluding hydrogens is 362 g/mol. The lowest BCUT2D eigenvalue weighted by Gasteiger charge is -2.41. The van der Waals surface area contributed by atoms with Crippen LogP contribution in [-0.2, 0) is 16.1 Å². The molecule has 0 saturated carbocycles. The zero-order valence-corrected chi connectivity index (χ0v) is 16.3. The molecule has 6 heteroatoms. The van der Waals surface area contributed by atoms with Gasteiger partial charge in [0.25, 0.3) is 0 Å². The fraction of sp³-hybridized carbons (Fsp3) is 0.429. The molecule has 1 aliphatic heterocycles. The SMILES string of the molecule is CC1C(CSCCO)OC(c2cccc(N)c2)OC1c1ccc(CO)cc1. The van der Waals surface area contributed by atoms with Crippen molar-refractivity contribution in [2.24, 2.45) is 5.92 Å². The summed E-state index contributed by atoms with van der Waals surface area (Å²) in [4.78, 5) is 0. The number of hydrogen-bond donors (Lipinski definition) is 3. The van der Waals surface area contributed by atoms with Crippen molar-refractivity contribution in [1.82, 2.24) is 0 Å². The van der Waals surface area contributed by atoms with Crippen LogP contribution in [0.4, 0.5) is 5.69 Å². The van der Waals surface area contributed by atoms with Gasteiger partial charge in [0.05, 0.1) is 25.4 Å². The first-order valence-electron chi connectivity index (χ1n) is 9.17. The van der Waals surface area contributed by atoms with Crippen LogP contribution in [0.3, 0.4) is 0 Å². The molecule has 1 aliphatic rings. The molecule has 146 valence electrons. The third-order valence-corrected chi connectivity index (χ3v) is 5.86. The van der Waals surface area contributed by atoms with E-state index >= 15 is 0 Å². The number of benzene rings is 2. The minimum atomic E-state index is -0.494. The Labute approximate surface area is 164 Å². The number of hydrogen-bond acceptors (Lipinski definition) is 6. The predicted molar refractivity (Wildman–Crippen MR) is 108 cm³/mol. The molecule has 0 aromatic heterocycles. The Balaban J connectivity index is 1.85. The van der Waals surface area contributed by atoms with E-state index in [4.69, 9.17) is 20.3 Å². The molecule has 27 heavy (non-hydrogen) atoms. The molecule has 0 amide bonds. The van der Waals surface area contributed by atoms with Gasteiger partial charge in [0, 0.05) is 28.7 Å². The second-order valence-electron chi connectivity index (χ2n) is 6.79. The average Bonchev–Trinajstić information content (AvgIpc) is 2.69. The number of anilines is 1. The highest BCUT2D eigenvalue weighted by molar-refractivity contribution is 7.99. The predicted octanol–water partition coefficient (Wildman–Crippen LogP) is 3.28. The number of nitrogens with two attached hydrogens (primary N) is 1. The summed E-state index contributed by atoms with van der Waals surface area (Å²) in [6.07, 6.45) is -0.631. The molecule has 0 radical (unpaired) electrons. The molecule has 1 saturated heterocycles. The van der Waals surface area contributed by atoms with Gasteiger partial charge in [0.2, 0.25) is 0 Å². The van der Waals surface area contributed by atoms with Crippen LogP contribution >= 0.6 is 11.8 Å². The normalized spacial score (nSPS) is 25.4. The molecule has 1 fully saturated rings. The van der Waals surface area contributed by atoms with Crippen molar-refractivity contribution >= 4 is 17.4 Å². The molecule has 0 bridgehead atoms. The van der Waals surface area contributed by atoms with Crippen molar-refractivity contribution < 1.29 is 19.7 Å². The van der Waals surface area contributed by atoms with E-state index in [-0.39, 0.29) is 31.3 Å². The first kappa shape index (κ1) is 20.2. The number of rotatable bonds is 7. The standard InChI is InChI=1S/C21H27NO4S/c1-14-19(13-27-10-9-23)25-21(17-3-2-4-18(22)11-17)26-20(14)16-7-5-15(12-24)6-8-16/h2-8,11,14,19-21,23-24H,9-10,12-13,22H2,1H3. The molecule has 5 nitrogen and oxygen atoms in total. The van der Waals surface area contributed by atoms with E-state index in [1.165, 1.54) is 0 Å². The van der Waals surface area contributed by atoms with E-state index in [1.807, 2.05) is 48.5 Å². The smallest absolute Gasteiger partial charge is 0.185 e. The lowest BCUT2D eigenvalue weighted by atomic mass is 9.91. The second-order valence-corrected chi connectivity index (χ2v) is 7.94. The largest absolute Gasteiger partial charge is 0.399 e. The Bertz CT molecular complexity index is 724. The molecule has 4 unspecified atom stereocenters. The van der Waals surface area contributed by atoms with Crippen molar-refractivity contribution in [2.75, 3.05) is 23.8 Å². The van der Waals surface area contributed by atoms with Gasteiger partial charge in [-0.15, -0.1) is 0 Å². The zero-order chi connectivity index (χ0) is 19.2. The summed E-state index contributed by atoms with van der Waals surface area (Å²) in [5.41, 5.74) is 9.45. The highest BCUT2D eigenvalue weighted by Gasteiger charge is 2.38. The van der Waals surface area contributed by atoms with E-state index in [9.17, 15) is 5.11 Å². The highest BCUT2D eigenvalue weighted by Crippen LogP contribution is 2.42. The van der Waals surface area contributed by atoms with Crippen LogP contribution < -0.4 is 5.73 Å². The minimum absolute atomic E-state index is 0.00995. The number of aliphatic hydroxyl groups is 2. The third kappa shape index (κ3) is 5.03. The first-order chi connectivity index (χ1) is 13.1. The topological polar surface area (TPSA) is 84.9 Å². The molecule has 1 heterocycles. The Kier molecular flexibility index (Phi) is 7.15. The molecule has 2 aromatic rings. The van der Waals surface area contributed by atoms with Gasteiger partial charge >= 0.3 is 0 Å². The van der Waals surface area contributed by atoms with Gasteiger partial charge < -0.3 is 25.4 Å². The number of aliphatic hydroxyl groups excluding tert-OH is 2. The van der Waals surface area contributed by atoms with Gasteiger partial charge in [-0.05, 0) is 23.3 Å². The summed E-state index contributed by atoms with van der Waals surface area (Å²) in [6.45, 7) is 2.31. The van der Waals surface area contributed by atoms with Gasteiger partial charge in [-0.2, -0.15) is 11.8 Å². The second kappa shape index (κ2) is 9.57. The van der Waals surface area contributed by atoms with Crippen LogP contribution in [0.15, 0.2) is 48.5 Å². The van der Waals surface area contributed by atoms with Crippen molar-refractivity contribution in [3.63, 3.8) is 0 Å². The van der Waals surface area contributed by atoms with E-state index in [0.29, 0.717) is 11.4 Å². The van der Waals surface area contributed by atoms with Crippen LogP contribution in [-0.4, -0.2) is 34.4 Å². The average molecular weight is 390 g/mol. The van der Waals surface area contributed by atoms with Crippen LogP contribution in [0.2, 0.25) is 0 Å². The molecule has 4 N–H and O–H groups in total. The summed E-state index contributed by atoms with van der Waals surface area (Å²) in [6, 6.07) is 15.4. The van der Waals surface area contributed by atoms with Gasteiger partial charge in [-0.1, -0.05) is 43.3 Å². The van der Waals surface area contributed by atoms with E-state index in [1.54, 1.807) is 11.8 Å². The number of thioether (sulfide) groups is 1.